The van der Waals surface area contributed by atoms with Crippen molar-refractivity contribution in [3.05, 3.63) is 95.3 Å². The van der Waals surface area contributed by atoms with Gasteiger partial charge in [0.25, 0.3) is 5.91 Å². The molecule has 0 aliphatic heterocycles. The van der Waals surface area contributed by atoms with Crippen molar-refractivity contribution in [2.24, 2.45) is 5.10 Å². The molecule has 0 atom stereocenters. The number of halogens is 1. The first-order valence-electron chi connectivity index (χ1n) is 8.20. The lowest BCUT2D eigenvalue weighted by molar-refractivity contribution is 0.0954. The van der Waals surface area contributed by atoms with Crippen molar-refractivity contribution >= 4 is 12.1 Å². The van der Waals surface area contributed by atoms with Crippen LogP contribution in [-0.4, -0.2) is 17.2 Å². The summed E-state index contributed by atoms with van der Waals surface area (Å²) >= 11 is 0. The molecule has 3 rings (SSSR count). The highest BCUT2D eigenvalue weighted by Crippen LogP contribution is 2.14. The summed E-state index contributed by atoms with van der Waals surface area (Å²) in [5, 5.41) is 13.3. The normalized spacial score (nSPS) is 10.7. The first kappa shape index (κ1) is 18.1. The number of nitrogens with one attached hydrogen (secondary N) is 1. The zero-order chi connectivity index (χ0) is 19.1. The zero-order valence-electron chi connectivity index (χ0n) is 14.3. The number of ether oxygens (including phenoxy) is 1. The fourth-order valence-electron chi connectivity index (χ4n) is 2.32. The molecule has 0 saturated heterocycles. The number of carbonyl (C=O) groups excluding carboxylic acids is 1. The van der Waals surface area contributed by atoms with E-state index in [1.54, 1.807) is 48.5 Å². The van der Waals surface area contributed by atoms with Gasteiger partial charge in [-0.3, -0.25) is 4.79 Å². The molecule has 0 saturated carbocycles. The number of rotatable bonds is 6. The van der Waals surface area contributed by atoms with E-state index in [0.29, 0.717) is 11.3 Å². The van der Waals surface area contributed by atoms with Crippen molar-refractivity contribution in [3.8, 4) is 11.5 Å². The van der Waals surface area contributed by atoms with E-state index in [9.17, 15) is 14.3 Å². The summed E-state index contributed by atoms with van der Waals surface area (Å²) < 4.78 is 18.7. The summed E-state index contributed by atoms with van der Waals surface area (Å²) in [7, 11) is 0. The van der Waals surface area contributed by atoms with E-state index >= 15 is 0 Å². The molecule has 0 spiro atoms. The predicted molar refractivity (Wildman–Crippen MR) is 100 cm³/mol. The fourth-order valence-corrected chi connectivity index (χ4v) is 2.32. The van der Waals surface area contributed by atoms with Gasteiger partial charge in [0.15, 0.2) is 0 Å². The Balaban J connectivity index is 1.52. The Kier molecular flexibility index (Phi) is 5.79. The quantitative estimate of drug-likeness (QED) is 0.515. The Hall–Kier alpha value is -3.67. The molecule has 2 N–H and O–H groups in total. The topological polar surface area (TPSA) is 70.9 Å². The maximum Gasteiger partial charge on any atom is 0.271 e. The van der Waals surface area contributed by atoms with Crippen LogP contribution in [0.3, 0.4) is 0 Å². The highest BCUT2D eigenvalue weighted by molar-refractivity contribution is 5.95. The molecule has 1 amide bonds. The second-order valence-electron chi connectivity index (χ2n) is 5.74. The van der Waals surface area contributed by atoms with Crippen LogP contribution in [0, 0.1) is 5.82 Å². The third-order valence-corrected chi connectivity index (χ3v) is 3.66. The summed E-state index contributed by atoms with van der Waals surface area (Å²) in [6.07, 6.45) is 1.50. The number of hydrogen-bond donors (Lipinski definition) is 2. The fraction of sp³-hybridized carbons (Fsp3) is 0.0476. The van der Waals surface area contributed by atoms with Crippen LogP contribution < -0.4 is 10.2 Å². The van der Waals surface area contributed by atoms with E-state index in [0.717, 1.165) is 11.1 Å². The van der Waals surface area contributed by atoms with Crippen LogP contribution in [0.1, 0.15) is 21.5 Å². The molecule has 0 aromatic heterocycles. The zero-order valence-corrected chi connectivity index (χ0v) is 14.3. The average molecular weight is 364 g/mol. The van der Waals surface area contributed by atoms with Crippen LogP contribution in [0.15, 0.2) is 77.9 Å². The molecule has 3 aromatic rings. The van der Waals surface area contributed by atoms with Gasteiger partial charge in [0.1, 0.15) is 23.9 Å². The highest BCUT2D eigenvalue weighted by atomic mass is 19.1. The van der Waals surface area contributed by atoms with E-state index < -0.39 is 5.91 Å². The molecule has 27 heavy (non-hydrogen) atoms. The van der Waals surface area contributed by atoms with E-state index in [1.165, 1.54) is 30.5 Å². The van der Waals surface area contributed by atoms with Crippen molar-refractivity contribution in [1.29, 1.82) is 0 Å². The van der Waals surface area contributed by atoms with Gasteiger partial charge in [0.05, 0.1) is 6.21 Å². The number of hydrogen-bond acceptors (Lipinski definition) is 4. The van der Waals surface area contributed by atoms with Crippen LogP contribution in [0.5, 0.6) is 11.5 Å². The minimum Gasteiger partial charge on any atom is -0.508 e. The lowest BCUT2D eigenvalue weighted by Gasteiger charge is -2.06. The molecular weight excluding hydrogens is 347 g/mol. The molecule has 5 nitrogen and oxygen atoms in total. The van der Waals surface area contributed by atoms with E-state index in [4.69, 9.17) is 4.74 Å². The largest absolute Gasteiger partial charge is 0.508 e. The van der Waals surface area contributed by atoms with Crippen LogP contribution in [0.2, 0.25) is 0 Å². The van der Waals surface area contributed by atoms with E-state index in [-0.39, 0.29) is 18.2 Å². The molecule has 136 valence electrons. The van der Waals surface area contributed by atoms with Crippen molar-refractivity contribution in [2.75, 3.05) is 0 Å². The van der Waals surface area contributed by atoms with E-state index in [2.05, 4.69) is 10.5 Å². The lowest BCUT2D eigenvalue weighted by atomic mass is 10.2. The minimum atomic E-state index is -0.419. The van der Waals surface area contributed by atoms with Gasteiger partial charge in [-0.05, 0) is 65.7 Å². The molecule has 0 fully saturated rings. The summed E-state index contributed by atoms with van der Waals surface area (Å²) in [5.74, 6) is -0.0618. The van der Waals surface area contributed by atoms with Crippen molar-refractivity contribution < 1.29 is 19.0 Å². The standard InChI is InChI=1S/C21H17FN2O3/c22-18-5-1-3-16(11-18)14-27-20-9-7-15(8-10-20)13-23-24-21(26)17-4-2-6-19(25)12-17/h1-13,25H,14H2,(H,24,26)/b23-13+. The number of carbonyl (C=O) groups is 1. The smallest absolute Gasteiger partial charge is 0.271 e. The van der Waals surface area contributed by atoms with Crippen molar-refractivity contribution in [2.45, 2.75) is 6.61 Å². The summed E-state index contributed by atoms with van der Waals surface area (Å²) in [6, 6.07) is 19.3. The van der Waals surface area contributed by atoms with Gasteiger partial charge in [-0.25, -0.2) is 9.82 Å². The number of nitrogens with zero attached hydrogens (tertiary/aromatic N) is 1. The van der Waals surface area contributed by atoms with Gasteiger partial charge < -0.3 is 9.84 Å². The van der Waals surface area contributed by atoms with Gasteiger partial charge in [0, 0.05) is 5.56 Å². The molecule has 6 heteroatoms. The highest BCUT2D eigenvalue weighted by Gasteiger charge is 2.04. The first-order valence-corrected chi connectivity index (χ1v) is 8.20. The second-order valence-corrected chi connectivity index (χ2v) is 5.74. The third kappa shape index (κ3) is 5.40. The van der Waals surface area contributed by atoms with Crippen LogP contribution in [0.25, 0.3) is 0 Å². The molecule has 0 radical (unpaired) electrons. The van der Waals surface area contributed by atoms with Gasteiger partial charge in [-0.15, -0.1) is 0 Å². The Morgan fingerprint density at radius 3 is 2.59 bits per heavy atom. The summed E-state index contributed by atoms with van der Waals surface area (Å²) in [6.45, 7) is 0.269. The monoisotopic (exact) mass is 364 g/mol. The lowest BCUT2D eigenvalue weighted by Crippen LogP contribution is -2.17. The molecule has 0 unspecified atom stereocenters. The molecule has 0 aliphatic carbocycles. The van der Waals surface area contributed by atoms with E-state index in [1.807, 2.05) is 0 Å². The summed E-state index contributed by atoms with van der Waals surface area (Å²) in [5.41, 5.74) is 4.22. The Bertz CT molecular complexity index is 956. The van der Waals surface area contributed by atoms with Gasteiger partial charge in [-0.1, -0.05) is 18.2 Å². The molecule has 0 bridgehead atoms. The van der Waals surface area contributed by atoms with Gasteiger partial charge >= 0.3 is 0 Å². The maximum atomic E-state index is 13.1. The molecular formula is C21H17FN2O3. The Labute approximate surface area is 155 Å². The minimum absolute atomic E-state index is 0.0143. The second kappa shape index (κ2) is 8.62. The first-order chi connectivity index (χ1) is 13.1. The summed E-state index contributed by atoms with van der Waals surface area (Å²) in [4.78, 5) is 11.9. The third-order valence-electron chi connectivity index (χ3n) is 3.66. The molecule has 0 aliphatic rings. The molecule has 0 heterocycles. The molecule has 3 aromatic carbocycles. The number of phenols is 1. The van der Waals surface area contributed by atoms with Gasteiger partial charge in [-0.2, -0.15) is 5.10 Å². The van der Waals surface area contributed by atoms with Crippen molar-refractivity contribution in [1.82, 2.24) is 5.43 Å². The van der Waals surface area contributed by atoms with Crippen molar-refractivity contribution in [3.63, 3.8) is 0 Å². The Morgan fingerprint density at radius 1 is 1.07 bits per heavy atom. The SMILES string of the molecule is O=C(N/N=C/c1ccc(OCc2cccc(F)c2)cc1)c1cccc(O)c1. The number of benzene rings is 3. The predicted octanol–water partition coefficient (Wildman–Crippen LogP) is 3.87. The van der Waals surface area contributed by atoms with Crippen LogP contribution >= 0.6 is 0 Å². The van der Waals surface area contributed by atoms with Gasteiger partial charge in [0.2, 0.25) is 0 Å². The Morgan fingerprint density at radius 2 is 1.85 bits per heavy atom. The van der Waals surface area contributed by atoms with Crippen LogP contribution in [0.4, 0.5) is 4.39 Å². The number of aromatic hydroxyl groups is 1. The number of amides is 1. The number of hydrazone groups is 1. The average Bonchev–Trinajstić information content (AvgIpc) is 2.67. The van der Waals surface area contributed by atoms with Crippen LogP contribution in [-0.2, 0) is 6.61 Å². The number of phenolic OH excluding ortho intramolecular Hbond substituents is 1. The maximum absolute atomic E-state index is 13.1.